The molecule has 0 fully saturated rings. The molecule has 1 aromatic rings. The maximum Gasteiger partial charge on any atom is 0.135 e. The Labute approximate surface area is 76.6 Å². The summed E-state index contributed by atoms with van der Waals surface area (Å²) in [6.45, 7) is 3.87. The van der Waals surface area contributed by atoms with Crippen molar-refractivity contribution in [1.82, 2.24) is 4.98 Å². The van der Waals surface area contributed by atoms with E-state index in [0.717, 1.165) is 12.1 Å². The first kappa shape index (κ1) is 9.39. The fraction of sp³-hybridized carbons (Fsp3) is 0.556. The number of hydrogen-bond acceptors (Lipinski definition) is 3. The number of thiazole rings is 1. The smallest absolute Gasteiger partial charge is 0.135 e. The zero-order valence-corrected chi connectivity index (χ0v) is 8.23. The van der Waals surface area contributed by atoms with Gasteiger partial charge in [-0.05, 0) is 6.42 Å². The van der Waals surface area contributed by atoms with Gasteiger partial charge in [0.05, 0.1) is 11.2 Å². The van der Waals surface area contributed by atoms with Crippen molar-refractivity contribution < 1.29 is 4.79 Å². The van der Waals surface area contributed by atoms with Crippen LogP contribution in [0.5, 0.6) is 0 Å². The van der Waals surface area contributed by atoms with Gasteiger partial charge in [0.1, 0.15) is 5.78 Å². The highest BCUT2D eigenvalue weighted by Gasteiger charge is 2.11. The van der Waals surface area contributed by atoms with E-state index in [1.54, 1.807) is 16.8 Å². The Hall–Kier alpha value is -0.700. The fourth-order valence-electron chi connectivity index (χ4n) is 1.11. The van der Waals surface area contributed by atoms with Gasteiger partial charge in [-0.3, -0.25) is 4.79 Å². The minimum absolute atomic E-state index is 0.122. The maximum atomic E-state index is 11.2. The summed E-state index contributed by atoms with van der Waals surface area (Å²) in [5, 5.41) is 2.00. The molecule has 1 rings (SSSR count). The molecule has 0 saturated heterocycles. The quantitative estimate of drug-likeness (QED) is 0.717. The Balaban J connectivity index is 2.47. The molecule has 0 spiro atoms. The molecule has 2 nitrogen and oxygen atoms in total. The molecule has 0 bridgehead atoms. The monoisotopic (exact) mass is 183 g/mol. The average Bonchev–Trinajstić information content (AvgIpc) is 2.55. The maximum absolute atomic E-state index is 11.2. The van der Waals surface area contributed by atoms with Crippen LogP contribution >= 0.6 is 11.3 Å². The third-order valence-corrected chi connectivity index (χ3v) is 2.53. The first-order valence-electron chi connectivity index (χ1n) is 4.13. The van der Waals surface area contributed by atoms with E-state index in [4.69, 9.17) is 0 Å². The third-order valence-electron chi connectivity index (χ3n) is 1.90. The van der Waals surface area contributed by atoms with Gasteiger partial charge in [-0.1, -0.05) is 13.8 Å². The third kappa shape index (κ3) is 2.41. The molecule has 0 radical (unpaired) electrons. The lowest BCUT2D eigenvalue weighted by atomic mass is 9.99. The van der Waals surface area contributed by atoms with Gasteiger partial charge in [-0.15, -0.1) is 11.3 Å². The van der Waals surface area contributed by atoms with E-state index in [2.05, 4.69) is 4.98 Å². The molecule has 0 aliphatic carbocycles. The number of nitrogens with zero attached hydrogens (tertiary/aromatic N) is 1. The summed E-state index contributed by atoms with van der Waals surface area (Å²) in [6.07, 6.45) is 1.42. The molecule has 0 amide bonds. The summed E-state index contributed by atoms with van der Waals surface area (Å²) in [6, 6.07) is 0. The van der Waals surface area contributed by atoms with Gasteiger partial charge in [0, 0.05) is 17.7 Å². The molecule has 66 valence electrons. The zero-order valence-electron chi connectivity index (χ0n) is 7.41. The summed E-state index contributed by atoms with van der Waals surface area (Å²) in [4.78, 5) is 15.4. The van der Waals surface area contributed by atoms with Gasteiger partial charge >= 0.3 is 0 Å². The van der Waals surface area contributed by atoms with Crippen molar-refractivity contribution in [2.75, 3.05) is 0 Å². The average molecular weight is 183 g/mol. The van der Waals surface area contributed by atoms with Crippen LogP contribution in [0.4, 0.5) is 0 Å². The number of carbonyl (C=O) groups is 1. The topological polar surface area (TPSA) is 30.0 Å². The van der Waals surface area contributed by atoms with Gasteiger partial charge in [-0.25, -0.2) is 4.98 Å². The van der Waals surface area contributed by atoms with Crippen LogP contribution in [0.1, 0.15) is 26.0 Å². The molecule has 0 N–H and O–H groups in total. The molecular formula is C9H13NOS. The van der Waals surface area contributed by atoms with Crippen molar-refractivity contribution in [3.63, 3.8) is 0 Å². The van der Waals surface area contributed by atoms with Crippen molar-refractivity contribution in [1.29, 1.82) is 0 Å². The molecule has 0 aliphatic rings. The molecule has 0 saturated carbocycles. The molecule has 1 aromatic heterocycles. The van der Waals surface area contributed by atoms with E-state index in [-0.39, 0.29) is 5.92 Å². The Bertz CT molecular complexity index is 243. The van der Waals surface area contributed by atoms with Crippen LogP contribution in [0.25, 0.3) is 0 Å². The minimum atomic E-state index is 0.122. The van der Waals surface area contributed by atoms with Crippen LogP contribution in [0.3, 0.4) is 0 Å². The number of ketones is 1. The van der Waals surface area contributed by atoms with E-state index in [1.807, 2.05) is 19.2 Å². The Morgan fingerprint density at radius 3 is 3.00 bits per heavy atom. The predicted octanol–water partition coefficient (Wildman–Crippen LogP) is 2.30. The minimum Gasteiger partial charge on any atom is -0.299 e. The number of carbonyl (C=O) groups excluding carboxylic acids is 1. The second-order valence-electron chi connectivity index (χ2n) is 2.90. The van der Waals surface area contributed by atoms with Crippen molar-refractivity contribution in [3.05, 3.63) is 16.6 Å². The number of hydrogen-bond donors (Lipinski definition) is 0. The lowest BCUT2D eigenvalue weighted by molar-refractivity contribution is -0.122. The molecule has 1 atom stereocenters. The molecular weight excluding hydrogens is 170 g/mol. The first-order valence-corrected chi connectivity index (χ1v) is 5.08. The highest BCUT2D eigenvalue weighted by Crippen LogP contribution is 2.10. The summed E-state index contributed by atoms with van der Waals surface area (Å²) in [5.41, 5.74) is 2.84. The van der Waals surface area contributed by atoms with E-state index in [0.29, 0.717) is 12.2 Å². The van der Waals surface area contributed by atoms with Crippen molar-refractivity contribution in [2.45, 2.75) is 26.7 Å². The van der Waals surface area contributed by atoms with Gasteiger partial charge in [0.25, 0.3) is 0 Å². The predicted molar refractivity (Wildman–Crippen MR) is 50.3 cm³/mol. The van der Waals surface area contributed by atoms with Crippen LogP contribution in [0.15, 0.2) is 10.9 Å². The normalized spacial score (nSPS) is 12.8. The van der Waals surface area contributed by atoms with Crippen LogP contribution in [-0.2, 0) is 11.2 Å². The zero-order chi connectivity index (χ0) is 8.97. The number of Topliss-reactive ketones (excluding diaryl/α,β-unsaturated/α-hetero) is 1. The van der Waals surface area contributed by atoms with Crippen molar-refractivity contribution in [3.8, 4) is 0 Å². The summed E-state index contributed by atoms with van der Waals surface area (Å²) in [7, 11) is 0. The lowest BCUT2D eigenvalue weighted by Crippen LogP contribution is -2.12. The van der Waals surface area contributed by atoms with E-state index < -0.39 is 0 Å². The SMILES string of the molecule is CCC(=O)C(C)Cc1cscn1. The van der Waals surface area contributed by atoms with Crippen LogP contribution in [0, 0.1) is 5.92 Å². The molecule has 0 aliphatic heterocycles. The second kappa shape index (κ2) is 4.36. The van der Waals surface area contributed by atoms with Gasteiger partial charge < -0.3 is 0 Å². The Morgan fingerprint density at radius 1 is 1.75 bits per heavy atom. The Morgan fingerprint density at radius 2 is 2.50 bits per heavy atom. The van der Waals surface area contributed by atoms with E-state index >= 15 is 0 Å². The van der Waals surface area contributed by atoms with Crippen molar-refractivity contribution in [2.24, 2.45) is 5.92 Å². The molecule has 3 heteroatoms. The highest BCUT2D eigenvalue weighted by molar-refractivity contribution is 7.07. The second-order valence-corrected chi connectivity index (χ2v) is 3.62. The number of rotatable bonds is 4. The van der Waals surface area contributed by atoms with Crippen LogP contribution in [0.2, 0.25) is 0 Å². The highest BCUT2D eigenvalue weighted by atomic mass is 32.1. The van der Waals surface area contributed by atoms with E-state index in [1.165, 1.54) is 0 Å². The van der Waals surface area contributed by atoms with Crippen molar-refractivity contribution >= 4 is 17.1 Å². The Kier molecular flexibility index (Phi) is 3.41. The standard InChI is InChI=1S/C9H13NOS/c1-3-9(11)7(2)4-8-5-12-6-10-8/h5-7H,3-4H2,1-2H3. The molecule has 12 heavy (non-hydrogen) atoms. The first-order chi connectivity index (χ1) is 5.74. The molecule has 0 aromatic carbocycles. The van der Waals surface area contributed by atoms with Gasteiger partial charge in [0.2, 0.25) is 0 Å². The largest absolute Gasteiger partial charge is 0.299 e. The van der Waals surface area contributed by atoms with Gasteiger partial charge in [0.15, 0.2) is 0 Å². The molecule has 1 unspecified atom stereocenters. The summed E-state index contributed by atoms with van der Waals surface area (Å²) < 4.78 is 0. The lowest BCUT2D eigenvalue weighted by Gasteiger charge is -2.05. The summed E-state index contributed by atoms with van der Waals surface area (Å²) >= 11 is 1.58. The molecule has 1 heterocycles. The van der Waals surface area contributed by atoms with Crippen LogP contribution in [-0.4, -0.2) is 10.8 Å². The summed E-state index contributed by atoms with van der Waals surface area (Å²) in [5.74, 6) is 0.445. The van der Waals surface area contributed by atoms with Gasteiger partial charge in [-0.2, -0.15) is 0 Å². The fourth-order valence-corrected chi connectivity index (χ4v) is 1.69. The van der Waals surface area contributed by atoms with Crippen LogP contribution < -0.4 is 0 Å². The number of aromatic nitrogens is 1. The van der Waals surface area contributed by atoms with E-state index in [9.17, 15) is 4.79 Å².